The van der Waals surface area contributed by atoms with Crippen molar-refractivity contribution in [3.63, 3.8) is 0 Å². The summed E-state index contributed by atoms with van der Waals surface area (Å²) < 4.78 is 5.29. The van der Waals surface area contributed by atoms with Crippen LogP contribution in [0.5, 0.6) is 0 Å². The van der Waals surface area contributed by atoms with Crippen LogP contribution in [0.2, 0.25) is 0 Å². The number of hydrogen-bond acceptors (Lipinski definition) is 3. The molecule has 2 aromatic carbocycles. The molecule has 1 N–H and O–H groups in total. The first-order valence-electron chi connectivity index (χ1n) is 7.25. The van der Waals surface area contributed by atoms with E-state index in [4.69, 9.17) is 4.74 Å². The van der Waals surface area contributed by atoms with Gasteiger partial charge in [0.25, 0.3) is 0 Å². The molecule has 1 amide bonds. The fraction of sp³-hybridized carbons (Fsp3) is 0.222. The molecule has 0 fully saturated rings. The van der Waals surface area contributed by atoms with Gasteiger partial charge in [-0.15, -0.1) is 0 Å². The maximum Gasteiger partial charge on any atom is 0.407 e. The smallest absolute Gasteiger partial charge is 0.407 e. The number of carbonyl (C=O) groups excluding carboxylic acids is 2. The fourth-order valence-corrected chi connectivity index (χ4v) is 2.85. The Balaban J connectivity index is 1.77. The number of fused-ring (bicyclic) bond motifs is 3. The van der Waals surface area contributed by atoms with E-state index in [1.54, 1.807) is 0 Å². The summed E-state index contributed by atoms with van der Waals surface area (Å²) in [6.07, 6.45) is -0.558. The molecule has 22 heavy (non-hydrogen) atoms. The number of amides is 1. The van der Waals surface area contributed by atoms with E-state index in [0.29, 0.717) is 0 Å². The third kappa shape index (κ3) is 2.72. The van der Waals surface area contributed by atoms with Crippen molar-refractivity contribution in [2.24, 2.45) is 0 Å². The lowest BCUT2D eigenvalue weighted by Crippen LogP contribution is -2.30. The van der Waals surface area contributed by atoms with Crippen molar-refractivity contribution < 1.29 is 14.3 Å². The summed E-state index contributed by atoms with van der Waals surface area (Å²) >= 11 is 0. The van der Waals surface area contributed by atoms with Gasteiger partial charge in [0.15, 0.2) is 0 Å². The van der Waals surface area contributed by atoms with Crippen molar-refractivity contribution in [3.8, 4) is 11.1 Å². The Morgan fingerprint density at radius 1 is 1.00 bits per heavy atom. The SMILES string of the molecule is CC(=O)CNC(=O)OCC1c2ccccc2-c2ccccc21. The Morgan fingerprint density at radius 3 is 2.09 bits per heavy atom. The van der Waals surface area contributed by atoms with E-state index in [-0.39, 0.29) is 24.9 Å². The topological polar surface area (TPSA) is 55.4 Å². The van der Waals surface area contributed by atoms with E-state index in [2.05, 4.69) is 29.6 Å². The molecule has 0 aliphatic heterocycles. The van der Waals surface area contributed by atoms with Crippen LogP contribution >= 0.6 is 0 Å². The highest BCUT2D eigenvalue weighted by Gasteiger charge is 2.28. The van der Waals surface area contributed by atoms with E-state index in [1.165, 1.54) is 29.2 Å². The van der Waals surface area contributed by atoms with Gasteiger partial charge in [0.05, 0.1) is 6.54 Å². The molecule has 0 radical (unpaired) electrons. The lowest BCUT2D eigenvalue weighted by atomic mass is 9.98. The number of benzene rings is 2. The fourth-order valence-electron chi connectivity index (χ4n) is 2.85. The van der Waals surface area contributed by atoms with Crippen molar-refractivity contribution in [2.45, 2.75) is 12.8 Å². The first-order valence-corrected chi connectivity index (χ1v) is 7.25. The summed E-state index contributed by atoms with van der Waals surface area (Å²) in [6, 6.07) is 16.3. The highest BCUT2D eigenvalue weighted by atomic mass is 16.5. The van der Waals surface area contributed by atoms with Crippen molar-refractivity contribution in [1.29, 1.82) is 0 Å². The number of hydrogen-bond donors (Lipinski definition) is 1. The molecule has 0 atom stereocenters. The van der Waals surface area contributed by atoms with Gasteiger partial charge in [0.2, 0.25) is 0 Å². The Labute approximate surface area is 129 Å². The van der Waals surface area contributed by atoms with Crippen LogP contribution in [-0.2, 0) is 9.53 Å². The molecular weight excluding hydrogens is 278 g/mol. The second kappa shape index (κ2) is 6.02. The molecule has 0 heterocycles. The molecule has 0 unspecified atom stereocenters. The zero-order valence-electron chi connectivity index (χ0n) is 12.3. The first-order chi connectivity index (χ1) is 10.7. The molecular formula is C18H17NO3. The highest BCUT2D eigenvalue weighted by molar-refractivity contribution is 5.82. The van der Waals surface area contributed by atoms with Gasteiger partial charge in [-0.25, -0.2) is 4.79 Å². The Morgan fingerprint density at radius 2 is 1.55 bits per heavy atom. The maximum absolute atomic E-state index is 11.6. The van der Waals surface area contributed by atoms with Crippen molar-refractivity contribution in [2.75, 3.05) is 13.2 Å². The van der Waals surface area contributed by atoms with E-state index in [9.17, 15) is 9.59 Å². The maximum atomic E-state index is 11.6. The summed E-state index contributed by atoms with van der Waals surface area (Å²) in [4.78, 5) is 22.5. The van der Waals surface area contributed by atoms with Crippen LogP contribution in [-0.4, -0.2) is 25.0 Å². The third-order valence-electron chi connectivity index (χ3n) is 3.83. The molecule has 3 rings (SSSR count). The molecule has 0 spiro atoms. The number of carbonyl (C=O) groups is 2. The minimum Gasteiger partial charge on any atom is -0.449 e. The van der Waals surface area contributed by atoms with E-state index in [1.807, 2.05) is 24.3 Å². The van der Waals surface area contributed by atoms with E-state index in [0.717, 1.165) is 0 Å². The van der Waals surface area contributed by atoms with E-state index >= 15 is 0 Å². The van der Waals surface area contributed by atoms with Crippen molar-refractivity contribution >= 4 is 11.9 Å². The lowest BCUT2D eigenvalue weighted by molar-refractivity contribution is -0.116. The van der Waals surface area contributed by atoms with Gasteiger partial charge < -0.3 is 10.1 Å². The predicted molar refractivity (Wildman–Crippen MR) is 83.8 cm³/mol. The molecule has 4 heteroatoms. The van der Waals surface area contributed by atoms with Crippen LogP contribution < -0.4 is 5.32 Å². The van der Waals surface area contributed by atoms with E-state index < -0.39 is 6.09 Å². The monoisotopic (exact) mass is 295 g/mol. The van der Waals surface area contributed by atoms with Gasteiger partial charge in [0, 0.05) is 5.92 Å². The molecule has 1 aliphatic carbocycles. The summed E-state index contributed by atoms with van der Waals surface area (Å²) in [5.74, 6) is -0.0658. The van der Waals surface area contributed by atoms with Crippen LogP contribution in [0, 0.1) is 0 Å². The number of Topliss-reactive ketones (excluding diaryl/α,β-unsaturated/α-hetero) is 1. The summed E-state index contributed by atoms with van der Waals surface area (Å²) in [5.41, 5.74) is 4.72. The largest absolute Gasteiger partial charge is 0.449 e. The van der Waals surface area contributed by atoms with Crippen LogP contribution in [0.15, 0.2) is 48.5 Å². The summed E-state index contributed by atoms with van der Waals surface area (Å²) in [6.45, 7) is 1.68. The number of nitrogens with one attached hydrogen (secondary N) is 1. The minimum atomic E-state index is -0.558. The zero-order chi connectivity index (χ0) is 15.5. The number of ketones is 1. The Bertz CT molecular complexity index is 678. The summed E-state index contributed by atoms with van der Waals surface area (Å²) in [5, 5.41) is 2.44. The van der Waals surface area contributed by atoms with Crippen molar-refractivity contribution in [1.82, 2.24) is 5.32 Å². The number of ether oxygens (including phenoxy) is 1. The van der Waals surface area contributed by atoms with Gasteiger partial charge in [-0.3, -0.25) is 4.79 Å². The zero-order valence-corrected chi connectivity index (χ0v) is 12.3. The normalized spacial score (nSPS) is 12.4. The van der Waals surface area contributed by atoms with Gasteiger partial charge in [0.1, 0.15) is 12.4 Å². The van der Waals surface area contributed by atoms with Gasteiger partial charge in [-0.05, 0) is 29.2 Å². The van der Waals surface area contributed by atoms with Gasteiger partial charge in [-0.2, -0.15) is 0 Å². The molecule has 112 valence electrons. The Hall–Kier alpha value is -2.62. The molecule has 0 aromatic heterocycles. The van der Waals surface area contributed by atoms with Gasteiger partial charge >= 0.3 is 6.09 Å². The van der Waals surface area contributed by atoms with Crippen LogP contribution in [0.25, 0.3) is 11.1 Å². The highest BCUT2D eigenvalue weighted by Crippen LogP contribution is 2.44. The minimum absolute atomic E-state index is 0.00330. The van der Waals surface area contributed by atoms with Crippen LogP contribution in [0.1, 0.15) is 24.0 Å². The standard InChI is InChI=1S/C18H17NO3/c1-12(20)10-19-18(21)22-11-17-15-8-4-2-6-13(15)14-7-3-5-9-16(14)17/h2-9,17H,10-11H2,1H3,(H,19,21). The quantitative estimate of drug-likeness (QED) is 0.943. The number of rotatable bonds is 4. The molecule has 0 saturated carbocycles. The average molecular weight is 295 g/mol. The molecule has 1 aliphatic rings. The lowest BCUT2D eigenvalue weighted by Gasteiger charge is -2.14. The van der Waals surface area contributed by atoms with Crippen LogP contribution in [0.3, 0.4) is 0 Å². The molecule has 4 nitrogen and oxygen atoms in total. The van der Waals surface area contributed by atoms with Crippen LogP contribution in [0.4, 0.5) is 4.79 Å². The molecule has 2 aromatic rings. The predicted octanol–water partition coefficient (Wildman–Crippen LogP) is 3.11. The summed E-state index contributed by atoms with van der Waals surface area (Å²) in [7, 11) is 0. The van der Waals surface area contributed by atoms with Crippen molar-refractivity contribution in [3.05, 3.63) is 59.7 Å². The second-order valence-electron chi connectivity index (χ2n) is 5.38. The second-order valence-corrected chi connectivity index (χ2v) is 5.38. The molecule has 0 saturated heterocycles. The Kier molecular flexibility index (Phi) is 3.92. The average Bonchev–Trinajstić information content (AvgIpc) is 2.85. The molecule has 0 bridgehead atoms. The third-order valence-corrected chi connectivity index (χ3v) is 3.83. The first kappa shape index (κ1) is 14.3. The number of alkyl carbamates (subject to hydrolysis) is 1. The van der Waals surface area contributed by atoms with Gasteiger partial charge in [-0.1, -0.05) is 48.5 Å².